The van der Waals surface area contributed by atoms with E-state index in [-0.39, 0.29) is 19.3 Å². The number of nitrogens with one attached hydrogen (secondary N) is 3. The molecule has 1 aliphatic heterocycles. The van der Waals surface area contributed by atoms with Crippen molar-refractivity contribution in [1.29, 1.82) is 0 Å². The number of ether oxygens (including phenoxy) is 1. The first kappa shape index (κ1) is 29.8. The van der Waals surface area contributed by atoms with Gasteiger partial charge in [-0.3, -0.25) is 24.0 Å². The van der Waals surface area contributed by atoms with Crippen LogP contribution >= 0.6 is 0 Å². The summed E-state index contributed by atoms with van der Waals surface area (Å²) >= 11 is 0. The van der Waals surface area contributed by atoms with E-state index in [0.29, 0.717) is 19.4 Å². The number of benzene rings is 1. The Bertz CT molecular complexity index is 961. The van der Waals surface area contributed by atoms with E-state index in [1.165, 1.54) is 25.9 Å². The smallest absolute Gasteiger partial charge is 0.469 e. The fourth-order valence-corrected chi connectivity index (χ4v) is 4.03. The highest BCUT2D eigenvalue weighted by molar-refractivity contribution is 6.43. The normalized spacial score (nSPS) is 17.2. The molecule has 1 aliphatic rings. The van der Waals surface area contributed by atoms with Crippen molar-refractivity contribution in [2.45, 2.75) is 70.0 Å². The first-order valence-corrected chi connectivity index (χ1v) is 12.2. The molecular formula is C24H35BN4O8. The quantitative estimate of drug-likeness (QED) is 0.167. The summed E-state index contributed by atoms with van der Waals surface area (Å²) in [4.78, 5) is 63.0. The van der Waals surface area contributed by atoms with Gasteiger partial charge in [-0.1, -0.05) is 30.3 Å². The molecule has 13 heteroatoms. The van der Waals surface area contributed by atoms with Crippen LogP contribution < -0.4 is 16.0 Å². The highest BCUT2D eigenvalue weighted by Gasteiger charge is 2.38. The van der Waals surface area contributed by atoms with Crippen molar-refractivity contribution in [2.75, 3.05) is 13.7 Å². The van der Waals surface area contributed by atoms with Crippen molar-refractivity contribution in [2.24, 2.45) is 0 Å². The molecule has 0 radical (unpaired) electrons. The molecule has 1 fully saturated rings. The first-order chi connectivity index (χ1) is 17.5. The predicted octanol–water partition coefficient (Wildman–Crippen LogP) is -1.32. The highest BCUT2D eigenvalue weighted by atomic mass is 16.5. The zero-order valence-corrected chi connectivity index (χ0v) is 21.3. The van der Waals surface area contributed by atoms with Crippen molar-refractivity contribution in [3.8, 4) is 0 Å². The summed E-state index contributed by atoms with van der Waals surface area (Å²) in [5.41, 5.74) is 0.808. The summed E-state index contributed by atoms with van der Waals surface area (Å²) < 4.78 is 4.47. The van der Waals surface area contributed by atoms with E-state index in [4.69, 9.17) is 0 Å². The monoisotopic (exact) mass is 518 g/mol. The third-order valence-corrected chi connectivity index (χ3v) is 6.11. The molecule has 1 aromatic carbocycles. The Balaban J connectivity index is 1.92. The van der Waals surface area contributed by atoms with Crippen molar-refractivity contribution in [3.05, 3.63) is 35.9 Å². The molecule has 0 saturated carbocycles. The maximum atomic E-state index is 13.1. The SMILES string of the molecule is COC(=O)CCC(=O)N[C@@H](C)C(=O)N[C@@H](C)C(=O)N1CCC[C@H]1C(=O)NC(Cc1ccccc1)B(O)O. The molecule has 5 N–H and O–H groups in total. The zero-order chi connectivity index (χ0) is 27.5. The van der Waals surface area contributed by atoms with Gasteiger partial charge in [-0.25, -0.2) is 0 Å². The second-order valence-electron chi connectivity index (χ2n) is 9.00. The number of rotatable bonds is 12. The topological polar surface area (TPSA) is 174 Å². The molecule has 2 rings (SSSR count). The number of carbonyl (C=O) groups excluding carboxylic acids is 5. The molecule has 0 spiro atoms. The summed E-state index contributed by atoms with van der Waals surface area (Å²) in [5, 5.41) is 27.2. The van der Waals surface area contributed by atoms with Gasteiger partial charge in [-0.15, -0.1) is 0 Å². The number of likely N-dealkylation sites (tertiary alicyclic amines) is 1. The van der Waals surface area contributed by atoms with Crippen LogP contribution in [0.5, 0.6) is 0 Å². The standard InChI is InChI=1S/C24H35BN4O8/c1-15(26-20(30)11-12-21(31)37-3)22(32)27-16(2)24(34)29-13-7-10-18(29)23(33)28-19(25(35)36)14-17-8-5-4-6-9-17/h4-6,8-9,15-16,18-19,35-36H,7,10-14H2,1-3H3,(H,26,30)(H,27,32)(H,28,33)/t15-,16-,18-,19?/m0/s1. The van der Waals surface area contributed by atoms with Gasteiger partial charge in [0.1, 0.15) is 18.1 Å². The number of carbonyl (C=O) groups is 5. The lowest BCUT2D eigenvalue weighted by molar-refractivity contribution is -0.142. The van der Waals surface area contributed by atoms with Crippen molar-refractivity contribution >= 4 is 36.7 Å². The number of esters is 1. The van der Waals surface area contributed by atoms with Crippen LogP contribution in [0.2, 0.25) is 0 Å². The summed E-state index contributed by atoms with van der Waals surface area (Å²) in [5.74, 6) is -3.61. The molecule has 1 unspecified atom stereocenters. The minimum atomic E-state index is -1.79. The van der Waals surface area contributed by atoms with Crippen LogP contribution in [0.25, 0.3) is 0 Å². The van der Waals surface area contributed by atoms with E-state index >= 15 is 0 Å². The molecule has 1 saturated heterocycles. The van der Waals surface area contributed by atoms with Crippen LogP contribution in [0, 0.1) is 0 Å². The van der Waals surface area contributed by atoms with Crippen LogP contribution in [-0.4, -0.2) is 89.4 Å². The molecule has 202 valence electrons. The fraction of sp³-hybridized carbons (Fsp3) is 0.542. The summed E-state index contributed by atoms with van der Waals surface area (Å²) in [7, 11) is -0.584. The summed E-state index contributed by atoms with van der Waals surface area (Å²) in [6.45, 7) is 3.23. The Labute approximate surface area is 216 Å². The lowest BCUT2D eigenvalue weighted by Crippen LogP contribution is -2.57. The van der Waals surface area contributed by atoms with E-state index < -0.39 is 60.8 Å². The van der Waals surface area contributed by atoms with Gasteiger partial charge in [0, 0.05) is 13.0 Å². The Kier molecular flexibility index (Phi) is 11.5. The Morgan fingerprint density at radius 3 is 2.32 bits per heavy atom. The fourth-order valence-electron chi connectivity index (χ4n) is 4.03. The molecule has 4 atom stereocenters. The van der Waals surface area contributed by atoms with Crippen molar-refractivity contribution in [1.82, 2.24) is 20.9 Å². The van der Waals surface area contributed by atoms with Crippen LogP contribution in [0.15, 0.2) is 30.3 Å². The van der Waals surface area contributed by atoms with Crippen LogP contribution in [0.3, 0.4) is 0 Å². The molecule has 1 heterocycles. The molecule has 4 amide bonds. The minimum Gasteiger partial charge on any atom is -0.469 e. The van der Waals surface area contributed by atoms with Gasteiger partial charge in [0.2, 0.25) is 23.6 Å². The lowest BCUT2D eigenvalue weighted by Gasteiger charge is -2.29. The second kappa shape index (κ2) is 14.3. The molecular weight excluding hydrogens is 483 g/mol. The second-order valence-corrected chi connectivity index (χ2v) is 9.00. The molecule has 0 bridgehead atoms. The van der Waals surface area contributed by atoms with E-state index in [1.54, 1.807) is 24.3 Å². The van der Waals surface area contributed by atoms with Gasteiger partial charge in [-0.2, -0.15) is 0 Å². The Morgan fingerprint density at radius 2 is 1.70 bits per heavy atom. The number of methoxy groups -OCH3 is 1. The molecule has 37 heavy (non-hydrogen) atoms. The zero-order valence-electron chi connectivity index (χ0n) is 21.3. The predicted molar refractivity (Wildman–Crippen MR) is 133 cm³/mol. The molecule has 1 aromatic rings. The average Bonchev–Trinajstić information content (AvgIpc) is 3.36. The van der Waals surface area contributed by atoms with Crippen LogP contribution in [-0.2, 0) is 35.1 Å². The number of hydrogen-bond acceptors (Lipinski definition) is 8. The van der Waals surface area contributed by atoms with E-state index in [9.17, 15) is 34.0 Å². The average molecular weight is 518 g/mol. The molecule has 12 nitrogen and oxygen atoms in total. The number of amides is 4. The van der Waals surface area contributed by atoms with Gasteiger partial charge in [0.05, 0.1) is 19.5 Å². The summed E-state index contributed by atoms with van der Waals surface area (Å²) in [6, 6.07) is 6.30. The lowest BCUT2D eigenvalue weighted by atomic mass is 9.75. The third-order valence-electron chi connectivity index (χ3n) is 6.11. The maximum Gasteiger partial charge on any atom is 0.475 e. The first-order valence-electron chi connectivity index (χ1n) is 12.2. The van der Waals surface area contributed by atoms with Crippen molar-refractivity contribution in [3.63, 3.8) is 0 Å². The van der Waals surface area contributed by atoms with Crippen LogP contribution in [0.1, 0.15) is 45.1 Å². The maximum absolute atomic E-state index is 13.1. The van der Waals surface area contributed by atoms with Gasteiger partial charge in [0.15, 0.2) is 0 Å². The van der Waals surface area contributed by atoms with E-state index in [2.05, 4.69) is 20.7 Å². The Hall–Kier alpha value is -3.45. The minimum absolute atomic E-state index is 0.122. The van der Waals surface area contributed by atoms with Gasteiger partial charge < -0.3 is 35.6 Å². The molecule has 0 aliphatic carbocycles. The van der Waals surface area contributed by atoms with Gasteiger partial charge in [-0.05, 0) is 38.7 Å². The van der Waals surface area contributed by atoms with Gasteiger partial charge >= 0.3 is 13.1 Å². The van der Waals surface area contributed by atoms with Crippen molar-refractivity contribution < 1.29 is 38.8 Å². The Morgan fingerprint density at radius 1 is 1.03 bits per heavy atom. The van der Waals surface area contributed by atoms with Crippen LogP contribution in [0.4, 0.5) is 0 Å². The number of hydrogen-bond donors (Lipinski definition) is 5. The number of nitrogens with zero attached hydrogens (tertiary/aromatic N) is 1. The largest absolute Gasteiger partial charge is 0.475 e. The summed E-state index contributed by atoms with van der Waals surface area (Å²) in [6.07, 6.45) is 0.897. The van der Waals surface area contributed by atoms with Gasteiger partial charge in [0.25, 0.3) is 0 Å². The highest BCUT2D eigenvalue weighted by Crippen LogP contribution is 2.19. The third kappa shape index (κ3) is 9.18. The van der Waals surface area contributed by atoms with E-state index in [1.807, 2.05) is 6.07 Å². The molecule has 0 aromatic heterocycles. The van der Waals surface area contributed by atoms with E-state index in [0.717, 1.165) is 5.56 Å².